The maximum absolute atomic E-state index is 6.33. The third-order valence-corrected chi connectivity index (χ3v) is 6.11. The third-order valence-electron chi connectivity index (χ3n) is 5.79. The van der Waals surface area contributed by atoms with E-state index >= 15 is 0 Å². The summed E-state index contributed by atoms with van der Waals surface area (Å²) in [5, 5.41) is 0.852. The first-order valence-corrected chi connectivity index (χ1v) is 10.6. The smallest absolute Gasteiger partial charge is 0.122 e. The Bertz CT molecular complexity index is 760. The molecule has 2 aromatic carbocycles. The minimum atomic E-state index is 0. The molecule has 1 heterocycles. The van der Waals surface area contributed by atoms with Crippen LogP contribution in [0.4, 0.5) is 5.69 Å². The second kappa shape index (κ2) is 10.4. The monoisotopic (exact) mass is 420 g/mol. The predicted molar refractivity (Wildman–Crippen MR) is 121 cm³/mol. The average molecular weight is 421 g/mol. The normalized spacial score (nSPS) is 17.0. The van der Waals surface area contributed by atoms with Gasteiger partial charge >= 0.3 is 0 Å². The van der Waals surface area contributed by atoms with Crippen LogP contribution in [0.3, 0.4) is 0 Å². The third kappa shape index (κ3) is 5.14. The van der Waals surface area contributed by atoms with Gasteiger partial charge in [-0.3, -0.25) is 4.90 Å². The van der Waals surface area contributed by atoms with Gasteiger partial charge in [-0.15, -0.1) is 12.4 Å². The molecule has 1 fully saturated rings. The number of halogens is 2. The zero-order valence-corrected chi connectivity index (χ0v) is 18.0. The summed E-state index contributed by atoms with van der Waals surface area (Å²) in [6.07, 6.45) is 6.08. The molecule has 2 aromatic rings. The number of hydrogen-bond acceptors (Lipinski definition) is 3. The molecule has 4 rings (SSSR count). The molecule has 152 valence electrons. The van der Waals surface area contributed by atoms with Crippen molar-refractivity contribution >= 4 is 29.7 Å². The highest BCUT2D eigenvalue weighted by Gasteiger charge is 2.18. The van der Waals surface area contributed by atoms with Crippen molar-refractivity contribution in [3.05, 3.63) is 58.6 Å². The standard InChI is InChI=1S/C23H29ClN2O.ClH/c24-21-10-3-4-11-22(21)26-16-14-25(15-17-26)13-6-18-27-23-12-5-8-19-7-1-2-9-20(19)23;/h3-5,8,10-12H,1-2,6-7,9,13-18H2;1H. The molecule has 0 bridgehead atoms. The zero-order chi connectivity index (χ0) is 18.5. The molecule has 0 N–H and O–H groups in total. The molecular weight excluding hydrogens is 391 g/mol. The van der Waals surface area contributed by atoms with E-state index < -0.39 is 0 Å². The van der Waals surface area contributed by atoms with Gasteiger partial charge in [-0.2, -0.15) is 0 Å². The van der Waals surface area contributed by atoms with Gasteiger partial charge in [-0.05, 0) is 61.4 Å². The van der Waals surface area contributed by atoms with E-state index in [2.05, 4.69) is 40.1 Å². The lowest BCUT2D eigenvalue weighted by molar-refractivity contribution is 0.224. The summed E-state index contributed by atoms with van der Waals surface area (Å²) in [7, 11) is 0. The minimum absolute atomic E-state index is 0. The topological polar surface area (TPSA) is 15.7 Å². The number of para-hydroxylation sites is 1. The van der Waals surface area contributed by atoms with Gasteiger partial charge in [0.2, 0.25) is 0 Å². The number of rotatable bonds is 6. The Morgan fingerprint density at radius 2 is 1.68 bits per heavy atom. The molecule has 0 spiro atoms. The van der Waals surface area contributed by atoms with E-state index in [1.807, 2.05) is 12.1 Å². The van der Waals surface area contributed by atoms with E-state index in [0.29, 0.717) is 0 Å². The van der Waals surface area contributed by atoms with Gasteiger partial charge in [-0.25, -0.2) is 0 Å². The number of aryl methyl sites for hydroxylation is 1. The van der Waals surface area contributed by atoms with E-state index in [-0.39, 0.29) is 12.4 Å². The Balaban J connectivity index is 0.00000225. The molecule has 0 unspecified atom stereocenters. The lowest BCUT2D eigenvalue weighted by Gasteiger charge is -2.36. The number of anilines is 1. The van der Waals surface area contributed by atoms with Crippen molar-refractivity contribution < 1.29 is 4.74 Å². The van der Waals surface area contributed by atoms with Crippen LogP contribution < -0.4 is 9.64 Å². The fraction of sp³-hybridized carbons (Fsp3) is 0.478. The molecule has 0 aromatic heterocycles. The van der Waals surface area contributed by atoms with Crippen LogP contribution in [0.25, 0.3) is 0 Å². The van der Waals surface area contributed by atoms with E-state index in [1.54, 1.807) is 0 Å². The number of piperazine rings is 1. The maximum Gasteiger partial charge on any atom is 0.122 e. The van der Waals surface area contributed by atoms with Crippen molar-refractivity contribution in [2.45, 2.75) is 32.1 Å². The van der Waals surface area contributed by atoms with Gasteiger partial charge in [0.15, 0.2) is 0 Å². The maximum atomic E-state index is 6.33. The predicted octanol–water partition coefficient (Wildman–Crippen LogP) is 5.23. The van der Waals surface area contributed by atoms with Crippen molar-refractivity contribution in [2.24, 2.45) is 0 Å². The summed E-state index contributed by atoms with van der Waals surface area (Å²) in [4.78, 5) is 4.93. The van der Waals surface area contributed by atoms with E-state index in [0.717, 1.165) is 62.2 Å². The van der Waals surface area contributed by atoms with E-state index in [4.69, 9.17) is 16.3 Å². The number of ether oxygens (including phenoxy) is 1. The molecular formula is C23H30Cl2N2O. The van der Waals surface area contributed by atoms with E-state index in [1.165, 1.54) is 36.8 Å². The second-order valence-electron chi connectivity index (χ2n) is 7.58. The zero-order valence-electron chi connectivity index (χ0n) is 16.4. The molecule has 1 aliphatic carbocycles. The molecule has 2 aliphatic rings. The Kier molecular flexibility index (Phi) is 7.90. The Morgan fingerprint density at radius 1 is 0.893 bits per heavy atom. The highest BCUT2D eigenvalue weighted by molar-refractivity contribution is 6.33. The first-order chi connectivity index (χ1) is 13.3. The summed E-state index contributed by atoms with van der Waals surface area (Å²) in [6.45, 7) is 6.16. The Labute approximate surface area is 180 Å². The first-order valence-electron chi connectivity index (χ1n) is 10.3. The Morgan fingerprint density at radius 3 is 2.50 bits per heavy atom. The lowest BCUT2D eigenvalue weighted by Crippen LogP contribution is -2.46. The van der Waals surface area contributed by atoms with Crippen LogP contribution in [-0.4, -0.2) is 44.2 Å². The van der Waals surface area contributed by atoms with Crippen molar-refractivity contribution in [3.63, 3.8) is 0 Å². The van der Waals surface area contributed by atoms with Gasteiger partial charge in [0, 0.05) is 32.7 Å². The Hall–Kier alpha value is -1.42. The molecule has 1 aliphatic heterocycles. The largest absolute Gasteiger partial charge is 0.493 e. The molecule has 0 atom stereocenters. The summed E-state index contributed by atoms with van der Waals surface area (Å²) in [5.74, 6) is 1.12. The van der Waals surface area contributed by atoms with Crippen LogP contribution in [-0.2, 0) is 12.8 Å². The molecule has 3 nitrogen and oxygen atoms in total. The molecule has 0 saturated carbocycles. The number of nitrogens with zero attached hydrogens (tertiary/aromatic N) is 2. The summed E-state index contributed by atoms with van der Waals surface area (Å²) in [5.41, 5.74) is 4.11. The van der Waals surface area contributed by atoms with Gasteiger partial charge in [-0.1, -0.05) is 35.9 Å². The molecule has 1 saturated heterocycles. The molecule has 0 radical (unpaired) electrons. The molecule has 5 heteroatoms. The fourth-order valence-electron chi connectivity index (χ4n) is 4.27. The second-order valence-corrected chi connectivity index (χ2v) is 7.99. The highest BCUT2D eigenvalue weighted by atomic mass is 35.5. The van der Waals surface area contributed by atoms with Crippen molar-refractivity contribution in [1.29, 1.82) is 0 Å². The fourth-order valence-corrected chi connectivity index (χ4v) is 4.53. The van der Waals surface area contributed by atoms with Crippen LogP contribution in [0.2, 0.25) is 5.02 Å². The van der Waals surface area contributed by atoms with Gasteiger partial charge in [0.25, 0.3) is 0 Å². The highest BCUT2D eigenvalue weighted by Crippen LogP contribution is 2.29. The number of benzene rings is 2. The average Bonchev–Trinajstić information content (AvgIpc) is 2.72. The van der Waals surface area contributed by atoms with Gasteiger partial charge in [0.05, 0.1) is 17.3 Å². The van der Waals surface area contributed by atoms with Gasteiger partial charge < -0.3 is 9.64 Å². The van der Waals surface area contributed by atoms with Crippen LogP contribution in [0.5, 0.6) is 5.75 Å². The van der Waals surface area contributed by atoms with Crippen LogP contribution in [0, 0.1) is 0 Å². The van der Waals surface area contributed by atoms with Crippen LogP contribution >= 0.6 is 24.0 Å². The number of fused-ring (bicyclic) bond motifs is 1. The number of hydrogen-bond donors (Lipinski definition) is 0. The van der Waals surface area contributed by atoms with Crippen LogP contribution in [0.1, 0.15) is 30.4 Å². The first kappa shape index (κ1) is 21.3. The molecule has 28 heavy (non-hydrogen) atoms. The van der Waals surface area contributed by atoms with Crippen LogP contribution in [0.15, 0.2) is 42.5 Å². The SMILES string of the molecule is Cl.Clc1ccccc1N1CCN(CCCOc2cccc3c2CCCC3)CC1. The summed E-state index contributed by atoms with van der Waals surface area (Å²) >= 11 is 6.33. The van der Waals surface area contributed by atoms with Crippen molar-refractivity contribution in [2.75, 3.05) is 44.2 Å². The van der Waals surface area contributed by atoms with E-state index in [9.17, 15) is 0 Å². The van der Waals surface area contributed by atoms with Crippen molar-refractivity contribution in [1.82, 2.24) is 4.90 Å². The quantitative estimate of drug-likeness (QED) is 0.594. The minimum Gasteiger partial charge on any atom is -0.493 e. The van der Waals surface area contributed by atoms with Crippen molar-refractivity contribution in [3.8, 4) is 5.75 Å². The van der Waals surface area contributed by atoms with Gasteiger partial charge in [0.1, 0.15) is 5.75 Å². The summed E-state index contributed by atoms with van der Waals surface area (Å²) in [6, 6.07) is 14.7. The molecule has 0 amide bonds. The summed E-state index contributed by atoms with van der Waals surface area (Å²) < 4.78 is 6.15. The lowest BCUT2D eigenvalue weighted by atomic mass is 9.91.